The van der Waals surface area contributed by atoms with E-state index in [-0.39, 0.29) is 12.2 Å². The molecule has 0 aliphatic heterocycles. The minimum atomic E-state index is -4.51. The lowest BCUT2D eigenvalue weighted by atomic mass is 10.2. The van der Waals surface area contributed by atoms with Crippen LogP contribution < -0.4 is 10.9 Å². The highest BCUT2D eigenvalue weighted by Crippen LogP contribution is 2.34. The van der Waals surface area contributed by atoms with Crippen molar-refractivity contribution in [3.8, 4) is 0 Å². The summed E-state index contributed by atoms with van der Waals surface area (Å²) in [6, 6.07) is 12.4. The van der Waals surface area contributed by atoms with Gasteiger partial charge in [0.25, 0.3) is 5.91 Å². The van der Waals surface area contributed by atoms with Gasteiger partial charge in [-0.25, -0.2) is 4.98 Å². The third kappa shape index (κ3) is 3.63. The van der Waals surface area contributed by atoms with Crippen LogP contribution in [-0.2, 0) is 23.9 Å². The summed E-state index contributed by atoms with van der Waals surface area (Å²) >= 11 is 0. The number of fused-ring (bicyclic) bond motifs is 1. The fourth-order valence-corrected chi connectivity index (χ4v) is 2.73. The Morgan fingerprint density at radius 2 is 1.81 bits per heavy atom. The number of carbonyl (C=O) groups is 1. The number of carbonyl (C=O) groups excluding carboxylic acids is 1. The molecule has 0 saturated carbocycles. The first-order valence-corrected chi connectivity index (χ1v) is 8.05. The highest BCUT2D eigenvalue weighted by molar-refractivity contribution is 5.82. The lowest BCUT2D eigenvalue weighted by Gasteiger charge is -2.15. The molecule has 8 heteroatoms. The van der Waals surface area contributed by atoms with E-state index >= 15 is 0 Å². The summed E-state index contributed by atoms with van der Waals surface area (Å²) in [5.74, 6) is 0.261. The van der Waals surface area contributed by atoms with Crippen molar-refractivity contribution in [2.24, 2.45) is 0 Å². The molecule has 0 atom stereocenters. The molecule has 0 radical (unpaired) electrons. The van der Waals surface area contributed by atoms with Crippen molar-refractivity contribution in [2.45, 2.75) is 26.1 Å². The Morgan fingerprint density at radius 3 is 2.54 bits per heavy atom. The molecule has 0 spiro atoms. The number of hydrogen-bond acceptors (Lipinski definition) is 3. The molecule has 5 nitrogen and oxygen atoms in total. The zero-order valence-electron chi connectivity index (χ0n) is 14.0. The van der Waals surface area contributed by atoms with Crippen molar-refractivity contribution < 1.29 is 18.0 Å². The molecule has 1 amide bonds. The molecule has 136 valence electrons. The monoisotopic (exact) mass is 362 g/mol. The molecule has 0 fully saturated rings. The molecule has 3 aromatic rings. The smallest absolute Gasteiger partial charge is 0.318 e. The molecule has 0 saturated heterocycles. The molecule has 0 bridgehead atoms. The molecular formula is C18H17F3N4O. The lowest BCUT2D eigenvalue weighted by molar-refractivity contribution is -0.137. The molecular weight excluding hydrogens is 345 g/mol. The summed E-state index contributed by atoms with van der Waals surface area (Å²) < 4.78 is 40.7. The number of aryl methyl sites for hydroxylation is 1. The van der Waals surface area contributed by atoms with Crippen molar-refractivity contribution in [1.29, 1.82) is 0 Å². The minimum absolute atomic E-state index is 0.0507. The quantitative estimate of drug-likeness (QED) is 0.680. The number of hydrogen-bond donors (Lipinski definition) is 2. The molecule has 2 aromatic carbocycles. The number of hydrazine groups is 1. The van der Waals surface area contributed by atoms with Gasteiger partial charge in [-0.2, -0.15) is 13.2 Å². The van der Waals surface area contributed by atoms with Crippen LogP contribution in [0.4, 0.5) is 18.9 Å². The first kappa shape index (κ1) is 17.8. The Balaban J connectivity index is 1.75. The summed E-state index contributed by atoms with van der Waals surface area (Å²) in [5, 5.41) is 0. The maximum atomic E-state index is 13.0. The largest absolute Gasteiger partial charge is 0.418 e. The highest BCUT2D eigenvalue weighted by atomic mass is 19.4. The summed E-state index contributed by atoms with van der Waals surface area (Å²) in [7, 11) is 0. The number of nitrogens with one attached hydrogen (secondary N) is 2. The number of amides is 1. The molecule has 1 heterocycles. The van der Waals surface area contributed by atoms with E-state index in [1.807, 2.05) is 31.2 Å². The third-order valence-corrected chi connectivity index (χ3v) is 3.92. The van der Waals surface area contributed by atoms with Gasteiger partial charge in [0.2, 0.25) is 0 Å². The van der Waals surface area contributed by atoms with E-state index in [4.69, 9.17) is 0 Å². The van der Waals surface area contributed by atoms with Crippen LogP contribution in [0.3, 0.4) is 0 Å². The van der Waals surface area contributed by atoms with Gasteiger partial charge in [-0.3, -0.25) is 15.6 Å². The standard InChI is InChI=1S/C18H17F3N4O/c1-2-16-22-14-9-5-6-10-15(14)25(16)11-17(26)24-23-13-8-4-3-7-12(13)18(19,20)21/h3-10,23H,2,11H2,1H3,(H,24,26). The van der Waals surface area contributed by atoms with E-state index in [2.05, 4.69) is 15.8 Å². The van der Waals surface area contributed by atoms with Crippen LogP contribution in [-0.4, -0.2) is 15.5 Å². The molecule has 3 rings (SSSR count). The van der Waals surface area contributed by atoms with Crippen LogP contribution in [0.1, 0.15) is 18.3 Å². The summed E-state index contributed by atoms with van der Waals surface area (Å²) in [6.45, 7) is 1.87. The molecule has 1 aromatic heterocycles. The molecule has 2 N–H and O–H groups in total. The van der Waals surface area contributed by atoms with Crippen molar-refractivity contribution in [3.05, 3.63) is 59.9 Å². The van der Waals surface area contributed by atoms with Crippen LogP contribution in [0.2, 0.25) is 0 Å². The van der Waals surface area contributed by atoms with Crippen LogP contribution in [0.25, 0.3) is 11.0 Å². The number of alkyl halides is 3. The number of aromatic nitrogens is 2. The molecule has 0 aliphatic rings. The zero-order valence-corrected chi connectivity index (χ0v) is 14.0. The van der Waals surface area contributed by atoms with Gasteiger partial charge in [0.1, 0.15) is 12.4 Å². The van der Waals surface area contributed by atoms with Crippen molar-refractivity contribution >= 4 is 22.6 Å². The fourth-order valence-electron chi connectivity index (χ4n) is 2.73. The number of anilines is 1. The van der Waals surface area contributed by atoms with E-state index < -0.39 is 17.6 Å². The lowest BCUT2D eigenvalue weighted by Crippen LogP contribution is -2.33. The van der Waals surface area contributed by atoms with Crippen LogP contribution in [0.5, 0.6) is 0 Å². The van der Waals surface area contributed by atoms with Crippen molar-refractivity contribution in [2.75, 3.05) is 5.43 Å². The average Bonchev–Trinajstić information content (AvgIpc) is 2.97. The van der Waals surface area contributed by atoms with Crippen LogP contribution in [0.15, 0.2) is 48.5 Å². The second kappa shape index (κ2) is 7.07. The molecule has 0 unspecified atom stereocenters. The van der Waals surface area contributed by atoms with Gasteiger partial charge in [-0.15, -0.1) is 0 Å². The van der Waals surface area contributed by atoms with E-state index in [1.54, 1.807) is 4.57 Å². The van der Waals surface area contributed by atoms with Crippen LogP contribution in [0, 0.1) is 0 Å². The van der Waals surface area contributed by atoms with Gasteiger partial charge in [-0.05, 0) is 24.3 Å². The Hall–Kier alpha value is -3.03. The average molecular weight is 362 g/mol. The first-order valence-electron chi connectivity index (χ1n) is 8.05. The number of rotatable bonds is 5. The van der Waals surface area contributed by atoms with Crippen LogP contribution >= 0.6 is 0 Å². The maximum absolute atomic E-state index is 13.0. The molecule has 26 heavy (non-hydrogen) atoms. The van der Waals surface area contributed by atoms with Gasteiger partial charge in [-0.1, -0.05) is 31.2 Å². The number of imidazole rings is 1. The van der Waals surface area contributed by atoms with Crippen molar-refractivity contribution in [1.82, 2.24) is 15.0 Å². The van der Waals surface area contributed by atoms with E-state index in [1.165, 1.54) is 18.2 Å². The predicted octanol–water partition coefficient (Wildman–Crippen LogP) is 3.76. The SMILES string of the molecule is CCc1nc2ccccc2n1CC(=O)NNc1ccccc1C(F)(F)F. The van der Waals surface area contributed by atoms with Gasteiger partial charge in [0, 0.05) is 6.42 Å². The van der Waals surface area contributed by atoms with E-state index in [9.17, 15) is 18.0 Å². The Morgan fingerprint density at radius 1 is 1.12 bits per heavy atom. The Kier molecular flexibility index (Phi) is 4.83. The van der Waals surface area contributed by atoms with Gasteiger partial charge < -0.3 is 4.57 Å². The number of halogens is 3. The van der Waals surface area contributed by atoms with E-state index in [0.29, 0.717) is 6.42 Å². The Bertz CT molecular complexity index is 934. The number of para-hydroxylation sites is 3. The first-order chi connectivity index (χ1) is 12.4. The fraction of sp³-hybridized carbons (Fsp3) is 0.222. The molecule has 0 aliphatic carbocycles. The van der Waals surface area contributed by atoms with Gasteiger partial charge in [0.05, 0.1) is 22.3 Å². The summed E-state index contributed by atoms with van der Waals surface area (Å²) in [4.78, 5) is 16.7. The van der Waals surface area contributed by atoms with Gasteiger partial charge >= 0.3 is 6.18 Å². The zero-order chi connectivity index (χ0) is 18.7. The topological polar surface area (TPSA) is 59.0 Å². The predicted molar refractivity (Wildman–Crippen MR) is 92.3 cm³/mol. The highest BCUT2D eigenvalue weighted by Gasteiger charge is 2.33. The number of nitrogens with zero attached hydrogens (tertiary/aromatic N) is 2. The summed E-state index contributed by atoms with van der Waals surface area (Å²) in [5.41, 5.74) is 5.21. The van der Waals surface area contributed by atoms with Crippen molar-refractivity contribution in [3.63, 3.8) is 0 Å². The summed E-state index contributed by atoms with van der Waals surface area (Å²) in [6.07, 6.45) is -3.88. The minimum Gasteiger partial charge on any atom is -0.318 e. The maximum Gasteiger partial charge on any atom is 0.418 e. The third-order valence-electron chi connectivity index (χ3n) is 3.92. The Labute approximate surface area is 147 Å². The normalized spacial score (nSPS) is 11.5. The second-order valence-electron chi connectivity index (χ2n) is 5.67. The van der Waals surface area contributed by atoms with E-state index in [0.717, 1.165) is 22.9 Å². The number of benzene rings is 2. The van der Waals surface area contributed by atoms with Gasteiger partial charge in [0.15, 0.2) is 0 Å². The second-order valence-corrected chi connectivity index (χ2v) is 5.67.